The van der Waals surface area contributed by atoms with Gasteiger partial charge in [-0.05, 0) is 6.07 Å². The van der Waals surface area contributed by atoms with Gasteiger partial charge in [-0.1, -0.05) is 18.2 Å². The Morgan fingerprint density at radius 3 is 3.00 bits per heavy atom. The maximum Gasteiger partial charge on any atom is 0.236 e. The third kappa shape index (κ3) is 2.01. The van der Waals surface area contributed by atoms with Crippen LogP contribution < -0.4 is 11.1 Å². The molecule has 15 heavy (non-hydrogen) atoms. The van der Waals surface area contributed by atoms with Crippen LogP contribution in [0.1, 0.15) is 0 Å². The topological polar surface area (TPSA) is 80.9 Å². The van der Waals surface area contributed by atoms with Gasteiger partial charge in [0.2, 0.25) is 5.91 Å². The number of hydrogen-bond acceptors (Lipinski definition) is 4. The molecule has 1 aromatic carbocycles. The van der Waals surface area contributed by atoms with Crippen molar-refractivity contribution in [2.75, 3.05) is 11.9 Å². The summed E-state index contributed by atoms with van der Waals surface area (Å²) in [5, 5.41) is 11.6. The molecule has 0 spiro atoms. The molecule has 0 radical (unpaired) electrons. The molecule has 0 saturated carbocycles. The van der Waals surface area contributed by atoms with Crippen LogP contribution in [-0.2, 0) is 4.79 Å². The van der Waals surface area contributed by atoms with E-state index in [0.29, 0.717) is 0 Å². The van der Waals surface area contributed by atoms with Crippen molar-refractivity contribution in [2.24, 2.45) is 5.73 Å². The number of nitrogens with one attached hydrogen (secondary N) is 1. The van der Waals surface area contributed by atoms with Gasteiger partial charge in [-0.25, -0.2) is 0 Å². The standard InChI is InChI=1S/C10H10N4O/c11-10(15)6-12-9-5-13-14-8-4-2-1-3-7(8)9/h1-5H,6H2,(H2,11,15)(H,12,14). The number of nitrogens with two attached hydrogens (primary N) is 1. The second-order valence-electron chi connectivity index (χ2n) is 3.10. The van der Waals surface area contributed by atoms with Crippen LogP contribution in [0.3, 0.4) is 0 Å². The number of aromatic nitrogens is 2. The summed E-state index contributed by atoms with van der Waals surface area (Å²) in [4.78, 5) is 10.6. The number of amides is 1. The molecular formula is C10H10N4O. The van der Waals surface area contributed by atoms with Crippen molar-refractivity contribution in [2.45, 2.75) is 0 Å². The Kier molecular flexibility index (Phi) is 2.45. The number of benzene rings is 1. The van der Waals surface area contributed by atoms with Gasteiger partial charge >= 0.3 is 0 Å². The maximum atomic E-state index is 10.6. The molecule has 5 heteroatoms. The van der Waals surface area contributed by atoms with Crippen molar-refractivity contribution < 1.29 is 4.79 Å². The summed E-state index contributed by atoms with van der Waals surface area (Å²) < 4.78 is 0. The number of primary amides is 1. The highest BCUT2D eigenvalue weighted by Crippen LogP contribution is 2.18. The highest BCUT2D eigenvalue weighted by atomic mass is 16.1. The van der Waals surface area contributed by atoms with Crippen LogP contribution in [0.4, 0.5) is 5.69 Å². The third-order valence-electron chi connectivity index (χ3n) is 2.00. The smallest absolute Gasteiger partial charge is 0.236 e. The van der Waals surface area contributed by atoms with Gasteiger partial charge in [0.15, 0.2) is 0 Å². The molecule has 0 aliphatic carbocycles. The zero-order valence-corrected chi connectivity index (χ0v) is 7.97. The van der Waals surface area contributed by atoms with E-state index in [0.717, 1.165) is 16.6 Å². The van der Waals surface area contributed by atoms with Crippen molar-refractivity contribution in [3.8, 4) is 0 Å². The van der Waals surface area contributed by atoms with E-state index in [9.17, 15) is 4.79 Å². The molecule has 0 fully saturated rings. The Bertz CT molecular complexity index is 492. The second-order valence-corrected chi connectivity index (χ2v) is 3.10. The van der Waals surface area contributed by atoms with Crippen LogP contribution in [0.5, 0.6) is 0 Å². The van der Waals surface area contributed by atoms with Crippen LogP contribution in [-0.4, -0.2) is 22.6 Å². The lowest BCUT2D eigenvalue weighted by Gasteiger charge is -2.05. The number of carbonyl (C=O) groups excluding carboxylic acids is 1. The highest BCUT2D eigenvalue weighted by molar-refractivity contribution is 5.91. The molecule has 2 rings (SSSR count). The maximum absolute atomic E-state index is 10.6. The second kappa shape index (κ2) is 3.91. The van der Waals surface area contributed by atoms with E-state index in [2.05, 4.69) is 15.5 Å². The molecule has 5 nitrogen and oxygen atoms in total. The summed E-state index contributed by atoms with van der Waals surface area (Å²) in [5.74, 6) is -0.407. The van der Waals surface area contributed by atoms with Gasteiger partial charge in [0.1, 0.15) is 0 Å². The lowest BCUT2D eigenvalue weighted by molar-refractivity contribution is -0.116. The summed E-state index contributed by atoms with van der Waals surface area (Å²) in [6.07, 6.45) is 1.57. The Labute approximate surface area is 86.3 Å². The summed E-state index contributed by atoms with van der Waals surface area (Å²) >= 11 is 0. The first kappa shape index (κ1) is 9.39. The number of fused-ring (bicyclic) bond motifs is 1. The van der Waals surface area contributed by atoms with Gasteiger partial charge in [0.25, 0.3) is 0 Å². The molecule has 3 N–H and O–H groups in total. The van der Waals surface area contributed by atoms with Crippen LogP contribution in [0.25, 0.3) is 10.9 Å². The van der Waals surface area contributed by atoms with E-state index < -0.39 is 5.91 Å². The fourth-order valence-corrected chi connectivity index (χ4v) is 1.33. The van der Waals surface area contributed by atoms with E-state index in [1.165, 1.54) is 0 Å². The van der Waals surface area contributed by atoms with Crippen LogP contribution >= 0.6 is 0 Å². The first-order valence-electron chi connectivity index (χ1n) is 4.50. The fraction of sp³-hybridized carbons (Fsp3) is 0.100. The van der Waals surface area contributed by atoms with E-state index in [4.69, 9.17) is 5.73 Å². The van der Waals surface area contributed by atoms with E-state index in [1.54, 1.807) is 6.20 Å². The zero-order chi connectivity index (χ0) is 10.7. The summed E-state index contributed by atoms with van der Waals surface area (Å²) in [5.41, 5.74) is 6.59. The average molecular weight is 202 g/mol. The molecule has 76 valence electrons. The summed E-state index contributed by atoms with van der Waals surface area (Å²) in [7, 11) is 0. The fourth-order valence-electron chi connectivity index (χ4n) is 1.33. The normalized spacial score (nSPS) is 10.1. The van der Waals surface area contributed by atoms with Gasteiger partial charge in [-0.2, -0.15) is 10.2 Å². The molecular weight excluding hydrogens is 192 g/mol. The van der Waals surface area contributed by atoms with E-state index >= 15 is 0 Å². The Morgan fingerprint density at radius 2 is 2.20 bits per heavy atom. The van der Waals surface area contributed by atoms with Gasteiger partial charge in [0, 0.05) is 5.39 Å². The summed E-state index contributed by atoms with van der Waals surface area (Å²) in [6.45, 7) is 0.0929. The van der Waals surface area contributed by atoms with Crippen LogP contribution in [0, 0.1) is 0 Å². The first-order chi connectivity index (χ1) is 7.27. The molecule has 2 aromatic rings. The minimum Gasteiger partial charge on any atom is -0.374 e. The average Bonchev–Trinajstić information content (AvgIpc) is 2.26. The molecule has 1 heterocycles. The van der Waals surface area contributed by atoms with Gasteiger partial charge in [-0.15, -0.1) is 0 Å². The van der Waals surface area contributed by atoms with Gasteiger partial charge < -0.3 is 11.1 Å². The molecule has 1 aromatic heterocycles. The summed E-state index contributed by atoms with van der Waals surface area (Å²) in [6, 6.07) is 7.56. The lowest BCUT2D eigenvalue weighted by Crippen LogP contribution is -2.22. The third-order valence-corrected chi connectivity index (χ3v) is 2.00. The quantitative estimate of drug-likeness (QED) is 0.760. The highest BCUT2D eigenvalue weighted by Gasteiger charge is 2.02. The number of carbonyl (C=O) groups is 1. The molecule has 0 aliphatic heterocycles. The molecule has 0 bridgehead atoms. The Hall–Kier alpha value is -2.17. The zero-order valence-electron chi connectivity index (χ0n) is 7.97. The van der Waals surface area contributed by atoms with Crippen molar-refractivity contribution in [1.82, 2.24) is 10.2 Å². The lowest BCUT2D eigenvalue weighted by atomic mass is 10.2. The van der Waals surface area contributed by atoms with Crippen LogP contribution in [0.2, 0.25) is 0 Å². The number of anilines is 1. The minimum atomic E-state index is -0.407. The van der Waals surface area contributed by atoms with Gasteiger partial charge in [0.05, 0.1) is 23.9 Å². The molecule has 0 saturated heterocycles. The first-order valence-corrected chi connectivity index (χ1v) is 4.50. The SMILES string of the molecule is NC(=O)CNc1cnnc2ccccc12. The largest absolute Gasteiger partial charge is 0.374 e. The van der Waals surface area contributed by atoms with Crippen LogP contribution in [0.15, 0.2) is 30.5 Å². The van der Waals surface area contributed by atoms with Crippen molar-refractivity contribution in [1.29, 1.82) is 0 Å². The predicted octanol–water partition coefficient (Wildman–Crippen LogP) is 0.527. The molecule has 1 amide bonds. The molecule has 0 aliphatic rings. The number of nitrogens with zero attached hydrogens (tertiary/aromatic N) is 2. The van der Waals surface area contributed by atoms with Crippen molar-refractivity contribution in [3.63, 3.8) is 0 Å². The van der Waals surface area contributed by atoms with E-state index in [-0.39, 0.29) is 6.54 Å². The number of hydrogen-bond donors (Lipinski definition) is 2. The minimum absolute atomic E-state index is 0.0929. The monoisotopic (exact) mass is 202 g/mol. The predicted molar refractivity (Wildman–Crippen MR) is 57.2 cm³/mol. The van der Waals surface area contributed by atoms with Crippen molar-refractivity contribution >= 4 is 22.5 Å². The number of rotatable bonds is 3. The van der Waals surface area contributed by atoms with Crippen molar-refractivity contribution in [3.05, 3.63) is 30.5 Å². The van der Waals surface area contributed by atoms with Gasteiger partial charge in [-0.3, -0.25) is 4.79 Å². The molecule has 0 unspecified atom stereocenters. The molecule has 0 atom stereocenters. The Balaban J connectivity index is 2.38. The Morgan fingerprint density at radius 1 is 1.40 bits per heavy atom. The van der Waals surface area contributed by atoms with E-state index in [1.807, 2.05) is 24.3 Å².